The lowest BCUT2D eigenvalue weighted by molar-refractivity contribution is 0.444. The smallest absolute Gasteiger partial charge is 0.246 e. The van der Waals surface area contributed by atoms with Gasteiger partial charge in [-0.3, -0.25) is 0 Å². The molecule has 1 aromatic rings. The van der Waals surface area contributed by atoms with E-state index in [0.717, 1.165) is 19.3 Å². The van der Waals surface area contributed by atoms with Crippen LogP contribution in [0.2, 0.25) is 0 Å². The van der Waals surface area contributed by atoms with Crippen molar-refractivity contribution in [3.63, 3.8) is 0 Å². The van der Waals surface area contributed by atoms with Gasteiger partial charge in [-0.1, -0.05) is 13.3 Å². The Kier molecular flexibility index (Phi) is 4.36. The maximum absolute atomic E-state index is 12.4. The van der Waals surface area contributed by atoms with Crippen LogP contribution in [-0.2, 0) is 10.0 Å². The van der Waals surface area contributed by atoms with Crippen LogP contribution in [-0.4, -0.2) is 42.8 Å². The van der Waals surface area contributed by atoms with E-state index in [4.69, 9.17) is 0 Å². The minimum atomic E-state index is -3.43. The second-order valence-electron chi connectivity index (χ2n) is 4.80. The Labute approximate surface area is 114 Å². The first kappa shape index (κ1) is 14.2. The summed E-state index contributed by atoms with van der Waals surface area (Å²) in [5.41, 5.74) is 0. The van der Waals surface area contributed by atoms with E-state index in [9.17, 15) is 8.42 Å². The molecule has 0 aromatic carbocycles. The van der Waals surface area contributed by atoms with Crippen LogP contribution < -0.4 is 5.32 Å². The van der Waals surface area contributed by atoms with Crippen molar-refractivity contribution in [2.24, 2.45) is 5.92 Å². The maximum Gasteiger partial charge on any atom is 0.246 e. The van der Waals surface area contributed by atoms with E-state index in [1.807, 2.05) is 0 Å². The van der Waals surface area contributed by atoms with Gasteiger partial charge in [0.15, 0.2) is 0 Å². The first-order valence-electron chi connectivity index (χ1n) is 6.58. The Balaban J connectivity index is 2.13. The fourth-order valence-electron chi connectivity index (χ4n) is 2.39. The lowest BCUT2D eigenvalue weighted by Gasteiger charge is -2.16. The Morgan fingerprint density at radius 1 is 1.42 bits per heavy atom. The first-order valence-corrected chi connectivity index (χ1v) is 8.02. The van der Waals surface area contributed by atoms with Gasteiger partial charge in [0.1, 0.15) is 4.90 Å². The molecule has 0 saturated carbocycles. The molecular weight excluding hydrogens is 264 g/mol. The highest BCUT2D eigenvalue weighted by atomic mass is 32.2. The molecule has 1 aromatic heterocycles. The van der Waals surface area contributed by atoms with Crippen molar-refractivity contribution in [3.05, 3.63) is 12.4 Å². The van der Waals surface area contributed by atoms with E-state index in [2.05, 4.69) is 22.2 Å². The van der Waals surface area contributed by atoms with Crippen LogP contribution in [0.5, 0.6) is 0 Å². The summed E-state index contributed by atoms with van der Waals surface area (Å²) in [6.45, 7) is 3.34. The third-order valence-electron chi connectivity index (χ3n) is 3.44. The summed E-state index contributed by atoms with van der Waals surface area (Å²) in [6, 6.07) is 0. The third kappa shape index (κ3) is 3.03. The maximum atomic E-state index is 12.4. The largest absolute Gasteiger partial charge is 0.357 e. The summed E-state index contributed by atoms with van der Waals surface area (Å²) >= 11 is 0. The van der Waals surface area contributed by atoms with Crippen LogP contribution in [0.3, 0.4) is 0 Å². The van der Waals surface area contributed by atoms with Gasteiger partial charge in [-0.25, -0.2) is 18.4 Å². The number of rotatable bonds is 5. The fourth-order valence-corrected chi connectivity index (χ4v) is 3.81. The third-order valence-corrected chi connectivity index (χ3v) is 5.25. The molecule has 1 aliphatic rings. The number of hydrogen-bond acceptors (Lipinski definition) is 5. The highest BCUT2D eigenvalue weighted by Gasteiger charge is 2.32. The van der Waals surface area contributed by atoms with Crippen LogP contribution in [0.15, 0.2) is 17.3 Å². The molecule has 0 aliphatic carbocycles. The van der Waals surface area contributed by atoms with E-state index in [0.29, 0.717) is 25.0 Å². The molecule has 7 heteroatoms. The van der Waals surface area contributed by atoms with Gasteiger partial charge in [0, 0.05) is 20.1 Å². The van der Waals surface area contributed by atoms with E-state index in [1.54, 1.807) is 11.4 Å². The van der Waals surface area contributed by atoms with E-state index < -0.39 is 10.0 Å². The van der Waals surface area contributed by atoms with Crippen molar-refractivity contribution in [2.75, 3.05) is 25.5 Å². The molecule has 1 unspecified atom stereocenters. The van der Waals surface area contributed by atoms with Crippen molar-refractivity contribution < 1.29 is 8.42 Å². The molecule has 106 valence electrons. The average Bonchev–Trinajstić information content (AvgIpc) is 2.89. The summed E-state index contributed by atoms with van der Waals surface area (Å²) in [6.07, 6.45) is 5.85. The normalized spacial score (nSPS) is 20.6. The van der Waals surface area contributed by atoms with E-state index >= 15 is 0 Å². The molecule has 0 amide bonds. The van der Waals surface area contributed by atoms with Crippen molar-refractivity contribution in [1.29, 1.82) is 0 Å². The Bertz CT molecular complexity index is 515. The molecule has 1 N–H and O–H groups in total. The molecule has 6 nitrogen and oxygen atoms in total. The number of hydrogen-bond donors (Lipinski definition) is 1. The molecule has 1 aliphatic heterocycles. The van der Waals surface area contributed by atoms with Crippen molar-refractivity contribution >= 4 is 16.0 Å². The highest BCUT2D eigenvalue weighted by molar-refractivity contribution is 7.89. The van der Waals surface area contributed by atoms with Crippen molar-refractivity contribution in [1.82, 2.24) is 14.3 Å². The minimum absolute atomic E-state index is 0.170. The average molecular weight is 284 g/mol. The molecule has 1 saturated heterocycles. The second-order valence-corrected chi connectivity index (χ2v) is 6.74. The topological polar surface area (TPSA) is 75.2 Å². The number of nitrogens with one attached hydrogen (secondary N) is 1. The molecule has 1 atom stereocenters. The van der Waals surface area contributed by atoms with Gasteiger partial charge in [-0.15, -0.1) is 0 Å². The predicted molar refractivity (Wildman–Crippen MR) is 73.4 cm³/mol. The molecule has 2 rings (SSSR count). The van der Waals surface area contributed by atoms with Gasteiger partial charge in [0.25, 0.3) is 0 Å². The van der Waals surface area contributed by atoms with E-state index in [1.165, 1.54) is 12.4 Å². The number of sulfonamides is 1. The number of anilines is 1. The zero-order valence-corrected chi connectivity index (χ0v) is 12.2. The summed E-state index contributed by atoms with van der Waals surface area (Å²) < 4.78 is 26.4. The predicted octanol–water partition coefficient (Wildman–Crippen LogP) is 1.33. The van der Waals surface area contributed by atoms with Gasteiger partial charge in [0.05, 0.1) is 12.4 Å². The molecular formula is C12H20N4O2S. The fraction of sp³-hybridized carbons (Fsp3) is 0.667. The van der Waals surface area contributed by atoms with Crippen LogP contribution in [0.4, 0.5) is 5.95 Å². The molecule has 1 fully saturated rings. The van der Waals surface area contributed by atoms with Gasteiger partial charge in [-0.2, -0.15) is 4.31 Å². The zero-order valence-electron chi connectivity index (χ0n) is 11.3. The quantitative estimate of drug-likeness (QED) is 0.883. The van der Waals surface area contributed by atoms with Crippen molar-refractivity contribution in [2.45, 2.75) is 31.1 Å². The van der Waals surface area contributed by atoms with Crippen LogP contribution in [0.25, 0.3) is 0 Å². The number of aromatic nitrogens is 2. The Morgan fingerprint density at radius 3 is 2.68 bits per heavy atom. The monoisotopic (exact) mass is 284 g/mol. The highest BCUT2D eigenvalue weighted by Crippen LogP contribution is 2.26. The molecule has 0 radical (unpaired) electrons. The molecule has 0 bridgehead atoms. The lowest BCUT2D eigenvalue weighted by atomic mass is 10.0. The molecule has 2 heterocycles. The standard InChI is InChI=1S/C12H20N4O2S/c1-3-4-10-5-6-16(9-10)19(17,18)11-7-14-12(13-2)15-8-11/h7-8,10H,3-6,9H2,1-2H3,(H,13,14,15). The Morgan fingerprint density at radius 2 is 2.11 bits per heavy atom. The number of nitrogens with zero attached hydrogens (tertiary/aromatic N) is 3. The van der Waals surface area contributed by atoms with Crippen LogP contribution >= 0.6 is 0 Å². The second kappa shape index (κ2) is 5.83. The molecule has 19 heavy (non-hydrogen) atoms. The Hall–Kier alpha value is -1.21. The minimum Gasteiger partial charge on any atom is -0.357 e. The van der Waals surface area contributed by atoms with Crippen molar-refractivity contribution in [3.8, 4) is 0 Å². The van der Waals surface area contributed by atoms with E-state index in [-0.39, 0.29) is 4.90 Å². The summed E-state index contributed by atoms with van der Waals surface area (Å²) in [5.74, 6) is 0.904. The summed E-state index contributed by atoms with van der Waals surface area (Å²) in [7, 11) is -1.74. The van der Waals surface area contributed by atoms with Crippen LogP contribution in [0.1, 0.15) is 26.2 Å². The van der Waals surface area contributed by atoms with Gasteiger partial charge in [0.2, 0.25) is 16.0 Å². The molecule has 0 spiro atoms. The van der Waals surface area contributed by atoms with Gasteiger partial charge in [-0.05, 0) is 18.8 Å². The SMILES string of the molecule is CCCC1CCN(S(=O)(=O)c2cnc(NC)nc2)C1. The lowest BCUT2D eigenvalue weighted by Crippen LogP contribution is -2.29. The van der Waals surface area contributed by atoms with Gasteiger partial charge >= 0.3 is 0 Å². The summed E-state index contributed by atoms with van der Waals surface area (Å²) in [4.78, 5) is 8.09. The van der Waals surface area contributed by atoms with Gasteiger partial charge < -0.3 is 5.32 Å². The van der Waals surface area contributed by atoms with Crippen LogP contribution in [0, 0.1) is 5.92 Å². The first-order chi connectivity index (χ1) is 9.07. The zero-order chi connectivity index (χ0) is 13.9. The summed E-state index contributed by atoms with van der Waals surface area (Å²) in [5, 5.41) is 2.77.